The molecule has 13 heavy (non-hydrogen) atoms. The SMILES string of the molecule is N#Cc1nc2ccc(F)cc2n1O. The molecule has 2 aromatic rings. The first-order valence-corrected chi connectivity index (χ1v) is 3.50. The number of halogens is 1. The number of hydrogen-bond donors (Lipinski definition) is 1. The van der Waals surface area contributed by atoms with Crippen LogP contribution in [0, 0.1) is 17.1 Å². The van der Waals surface area contributed by atoms with Crippen LogP contribution in [-0.4, -0.2) is 14.9 Å². The quantitative estimate of drug-likeness (QED) is 0.616. The number of hydrogen-bond acceptors (Lipinski definition) is 3. The molecular formula is C8H4FN3O. The number of imidazole rings is 1. The minimum atomic E-state index is -0.479. The predicted molar refractivity (Wildman–Crippen MR) is 41.6 cm³/mol. The zero-order valence-corrected chi connectivity index (χ0v) is 6.40. The standard InChI is InChI=1S/C8H4FN3O/c9-5-1-2-6-7(3-5)12(13)8(4-10)11-6/h1-3,13H. The number of nitrogens with zero attached hydrogens (tertiary/aromatic N) is 3. The largest absolute Gasteiger partial charge is 0.426 e. The molecule has 0 atom stereocenters. The molecule has 0 saturated heterocycles. The summed E-state index contributed by atoms with van der Waals surface area (Å²) in [5.41, 5.74) is 0.581. The Morgan fingerprint density at radius 2 is 2.31 bits per heavy atom. The molecule has 0 aliphatic carbocycles. The second kappa shape index (κ2) is 2.45. The molecule has 2 rings (SSSR count). The average Bonchev–Trinajstić information content (AvgIpc) is 2.44. The van der Waals surface area contributed by atoms with Gasteiger partial charge in [-0.05, 0) is 12.1 Å². The van der Waals surface area contributed by atoms with E-state index >= 15 is 0 Å². The van der Waals surface area contributed by atoms with Crippen LogP contribution in [0.5, 0.6) is 0 Å². The summed E-state index contributed by atoms with van der Waals surface area (Å²) in [5, 5.41) is 17.8. The van der Waals surface area contributed by atoms with Gasteiger partial charge in [-0.15, -0.1) is 0 Å². The fourth-order valence-corrected chi connectivity index (χ4v) is 1.11. The van der Waals surface area contributed by atoms with Gasteiger partial charge in [-0.1, -0.05) is 0 Å². The molecule has 0 unspecified atom stereocenters. The van der Waals surface area contributed by atoms with Crippen LogP contribution < -0.4 is 0 Å². The van der Waals surface area contributed by atoms with E-state index in [9.17, 15) is 9.60 Å². The normalized spacial score (nSPS) is 10.2. The third-order valence-electron chi connectivity index (χ3n) is 1.69. The first-order chi connectivity index (χ1) is 6.22. The Morgan fingerprint density at radius 1 is 1.54 bits per heavy atom. The van der Waals surface area contributed by atoms with Crippen molar-refractivity contribution in [3.63, 3.8) is 0 Å². The molecule has 4 nitrogen and oxygen atoms in total. The van der Waals surface area contributed by atoms with Gasteiger partial charge in [-0.25, -0.2) is 9.37 Å². The third kappa shape index (κ3) is 0.999. The van der Waals surface area contributed by atoms with Crippen LogP contribution in [0.3, 0.4) is 0 Å². The fraction of sp³-hybridized carbons (Fsp3) is 0. The molecule has 1 aromatic carbocycles. The van der Waals surface area contributed by atoms with E-state index < -0.39 is 5.82 Å². The molecule has 0 saturated carbocycles. The van der Waals surface area contributed by atoms with E-state index in [0.717, 1.165) is 6.07 Å². The first kappa shape index (κ1) is 7.55. The van der Waals surface area contributed by atoms with Crippen molar-refractivity contribution in [2.45, 2.75) is 0 Å². The molecule has 1 N–H and O–H groups in total. The minimum Gasteiger partial charge on any atom is -0.426 e. The summed E-state index contributed by atoms with van der Waals surface area (Å²) in [6.45, 7) is 0. The second-order valence-corrected chi connectivity index (χ2v) is 2.49. The Morgan fingerprint density at radius 3 is 3.00 bits per heavy atom. The van der Waals surface area contributed by atoms with Crippen molar-refractivity contribution in [2.75, 3.05) is 0 Å². The van der Waals surface area contributed by atoms with Crippen LogP contribution in [0.25, 0.3) is 11.0 Å². The highest BCUT2D eigenvalue weighted by atomic mass is 19.1. The van der Waals surface area contributed by atoms with Crippen LogP contribution in [0.1, 0.15) is 5.82 Å². The van der Waals surface area contributed by atoms with Gasteiger partial charge in [0, 0.05) is 6.07 Å². The summed E-state index contributed by atoms with van der Waals surface area (Å²) >= 11 is 0. The number of fused-ring (bicyclic) bond motifs is 1. The fourth-order valence-electron chi connectivity index (χ4n) is 1.11. The van der Waals surface area contributed by atoms with Gasteiger partial charge in [-0.2, -0.15) is 9.99 Å². The molecular weight excluding hydrogens is 173 g/mol. The van der Waals surface area contributed by atoms with Crippen LogP contribution in [0.2, 0.25) is 0 Å². The van der Waals surface area contributed by atoms with Crippen molar-refractivity contribution >= 4 is 11.0 Å². The van der Waals surface area contributed by atoms with E-state index in [-0.39, 0.29) is 11.3 Å². The average molecular weight is 177 g/mol. The lowest BCUT2D eigenvalue weighted by Crippen LogP contribution is -1.93. The minimum absolute atomic E-state index is 0.152. The molecule has 0 fully saturated rings. The van der Waals surface area contributed by atoms with Gasteiger partial charge in [0.05, 0.1) is 5.52 Å². The molecule has 1 aromatic heterocycles. The van der Waals surface area contributed by atoms with Crippen LogP contribution in [0.4, 0.5) is 4.39 Å². The number of benzene rings is 1. The molecule has 0 bridgehead atoms. The van der Waals surface area contributed by atoms with Crippen molar-refractivity contribution in [1.29, 1.82) is 5.26 Å². The van der Waals surface area contributed by atoms with Gasteiger partial charge in [0.15, 0.2) is 0 Å². The van der Waals surface area contributed by atoms with E-state index in [0.29, 0.717) is 10.2 Å². The first-order valence-electron chi connectivity index (χ1n) is 3.50. The van der Waals surface area contributed by atoms with Crippen LogP contribution >= 0.6 is 0 Å². The maximum Gasteiger partial charge on any atom is 0.247 e. The maximum absolute atomic E-state index is 12.7. The van der Waals surface area contributed by atoms with Gasteiger partial charge in [0.2, 0.25) is 5.82 Å². The summed E-state index contributed by atoms with van der Waals surface area (Å²) in [6.07, 6.45) is 0. The van der Waals surface area contributed by atoms with Crippen molar-refractivity contribution < 1.29 is 9.60 Å². The Kier molecular flexibility index (Phi) is 1.43. The van der Waals surface area contributed by atoms with E-state index in [2.05, 4.69) is 4.98 Å². The van der Waals surface area contributed by atoms with E-state index in [1.807, 2.05) is 0 Å². The van der Waals surface area contributed by atoms with Crippen molar-refractivity contribution in [2.24, 2.45) is 0 Å². The van der Waals surface area contributed by atoms with E-state index in [1.165, 1.54) is 12.1 Å². The zero-order chi connectivity index (χ0) is 9.42. The highest BCUT2D eigenvalue weighted by molar-refractivity contribution is 5.76. The lowest BCUT2D eigenvalue weighted by molar-refractivity contribution is 0.195. The molecule has 0 radical (unpaired) electrons. The van der Waals surface area contributed by atoms with E-state index in [1.54, 1.807) is 6.07 Å². The molecule has 64 valence electrons. The van der Waals surface area contributed by atoms with Gasteiger partial charge in [0.25, 0.3) is 0 Å². The highest BCUT2D eigenvalue weighted by Crippen LogP contribution is 2.14. The number of nitriles is 1. The van der Waals surface area contributed by atoms with Crippen LogP contribution in [0.15, 0.2) is 18.2 Å². The van der Waals surface area contributed by atoms with Crippen LogP contribution in [-0.2, 0) is 0 Å². The highest BCUT2D eigenvalue weighted by Gasteiger charge is 2.09. The molecule has 1 heterocycles. The van der Waals surface area contributed by atoms with E-state index in [4.69, 9.17) is 5.26 Å². The lowest BCUT2D eigenvalue weighted by atomic mass is 10.3. The second-order valence-electron chi connectivity index (χ2n) is 2.49. The summed E-state index contributed by atoms with van der Waals surface area (Å²) < 4.78 is 13.3. The molecule has 0 aliphatic heterocycles. The number of aromatic nitrogens is 2. The predicted octanol–water partition coefficient (Wildman–Crippen LogP) is 1.28. The van der Waals surface area contributed by atoms with Gasteiger partial charge in [0.1, 0.15) is 17.4 Å². The molecule has 0 amide bonds. The summed E-state index contributed by atoms with van der Waals surface area (Å²) in [4.78, 5) is 3.76. The Balaban J connectivity index is 2.87. The Labute approximate surface area is 72.4 Å². The molecule has 0 spiro atoms. The summed E-state index contributed by atoms with van der Waals surface area (Å²) in [7, 11) is 0. The van der Waals surface area contributed by atoms with Crippen molar-refractivity contribution in [3.8, 4) is 6.07 Å². The zero-order valence-electron chi connectivity index (χ0n) is 6.40. The van der Waals surface area contributed by atoms with Crippen molar-refractivity contribution in [3.05, 3.63) is 29.8 Å². The summed E-state index contributed by atoms with van der Waals surface area (Å²) in [5.74, 6) is -0.632. The lowest BCUT2D eigenvalue weighted by Gasteiger charge is -1.92. The van der Waals surface area contributed by atoms with Gasteiger partial charge < -0.3 is 5.21 Å². The topological polar surface area (TPSA) is 61.8 Å². The number of rotatable bonds is 0. The molecule has 0 aliphatic rings. The van der Waals surface area contributed by atoms with Crippen molar-refractivity contribution in [1.82, 2.24) is 9.71 Å². The van der Waals surface area contributed by atoms with Gasteiger partial charge >= 0.3 is 0 Å². The Bertz CT molecular complexity index is 512. The van der Waals surface area contributed by atoms with Gasteiger partial charge in [-0.3, -0.25) is 0 Å². The third-order valence-corrected chi connectivity index (χ3v) is 1.69. The summed E-state index contributed by atoms with van der Waals surface area (Å²) in [6, 6.07) is 5.42. The monoisotopic (exact) mass is 177 g/mol. The smallest absolute Gasteiger partial charge is 0.247 e. The Hall–Kier alpha value is -2.09. The molecule has 5 heteroatoms. The maximum atomic E-state index is 12.7.